The molecule has 0 saturated carbocycles. The second-order valence-electron chi connectivity index (χ2n) is 4.33. The molecule has 2 rings (SSSR count). The molecule has 1 aromatic rings. The lowest BCUT2D eigenvalue weighted by molar-refractivity contribution is -0.123. The van der Waals surface area contributed by atoms with Crippen LogP contribution in [0.15, 0.2) is 30.3 Å². The Hall–Kier alpha value is -1.84. The van der Waals surface area contributed by atoms with Gasteiger partial charge in [-0.15, -0.1) is 0 Å². The number of nitrogens with zero attached hydrogens (tertiary/aromatic N) is 1. The molecule has 1 heterocycles. The highest BCUT2D eigenvalue weighted by atomic mass is 16.2. The predicted octanol–water partition coefficient (Wildman–Crippen LogP) is 1.02. The molecule has 1 saturated heterocycles. The van der Waals surface area contributed by atoms with Crippen LogP contribution in [0.2, 0.25) is 0 Å². The van der Waals surface area contributed by atoms with E-state index >= 15 is 0 Å². The molecule has 4 nitrogen and oxygen atoms in total. The van der Waals surface area contributed by atoms with Gasteiger partial charge in [-0.05, 0) is 25.0 Å². The molecule has 2 N–H and O–H groups in total. The quantitative estimate of drug-likeness (QED) is 0.827. The minimum atomic E-state index is -0.253. The zero-order valence-electron chi connectivity index (χ0n) is 9.63. The van der Waals surface area contributed by atoms with E-state index < -0.39 is 0 Å². The number of piperidine rings is 1. The van der Waals surface area contributed by atoms with Crippen LogP contribution in [0.3, 0.4) is 0 Å². The summed E-state index contributed by atoms with van der Waals surface area (Å²) in [5.41, 5.74) is 5.96. The Balaban J connectivity index is 1.98. The van der Waals surface area contributed by atoms with Crippen LogP contribution in [0.25, 0.3) is 0 Å². The summed E-state index contributed by atoms with van der Waals surface area (Å²) in [5.74, 6) is -0.292. The maximum absolute atomic E-state index is 12.1. The summed E-state index contributed by atoms with van der Waals surface area (Å²) in [6, 6.07) is 9.20. The monoisotopic (exact) mass is 232 g/mol. The van der Waals surface area contributed by atoms with Crippen LogP contribution >= 0.6 is 0 Å². The van der Waals surface area contributed by atoms with E-state index in [0.717, 1.165) is 0 Å². The van der Waals surface area contributed by atoms with Gasteiger partial charge < -0.3 is 10.6 Å². The van der Waals surface area contributed by atoms with E-state index in [1.54, 1.807) is 4.90 Å². The Morgan fingerprint density at radius 3 is 2.24 bits per heavy atom. The summed E-state index contributed by atoms with van der Waals surface area (Å²) < 4.78 is 0. The molecule has 17 heavy (non-hydrogen) atoms. The van der Waals surface area contributed by atoms with Crippen molar-refractivity contribution < 1.29 is 9.59 Å². The lowest BCUT2D eigenvalue weighted by Gasteiger charge is -2.30. The van der Waals surface area contributed by atoms with Crippen LogP contribution in [0.1, 0.15) is 23.2 Å². The normalized spacial score (nSPS) is 16.8. The molecular weight excluding hydrogens is 216 g/mol. The van der Waals surface area contributed by atoms with Crippen molar-refractivity contribution >= 4 is 11.8 Å². The molecule has 0 bridgehead atoms. The van der Waals surface area contributed by atoms with Crippen LogP contribution in [-0.4, -0.2) is 29.8 Å². The van der Waals surface area contributed by atoms with Crippen LogP contribution in [0.5, 0.6) is 0 Å². The number of benzene rings is 1. The highest BCUT2D eigenvalue weighted by Gasteiger charge is 2.26. The first-order chi connectivity index (χ1) is 8.18. The Labute approximate surface area is 100 Å². The Morgan fingerprint density at radius 2 is 1.71 bits per heavy atom. The molecule has 0 radical (unpaired) electrons. The number of hydrogen-bond acceptors (Lipinski definition) is 2. The molecule has 1 aliphatic rings. The first-order valence-electron chi connectivity index (χ1n) is 5.82. The fourth-order valence-corrected chi connectivity index (χ4v) is 2.13. The van der Waals surface area contributed by atoms with E-state index in [0.29, 0.717) is 31.5 Å². The summed E-state index contributed by atoms with van der Waals surface area (Å²) in [6.07, 6.45) is 1.35. The van der Waals surface area contributed by atoms with Gasteiger partial charge in [0, 0.05) is 24.6 Å². The molecule has 4 heteroatoms. The van der Waals surface area contributed by atoms with E-state index in [4.69, 9.17) is 5.73 Å². The van der Waals surface area contributed by atoms with Gasteiger partial charge in [0.2, 0.25) is 5.91 Å². The fraction of sp³-hybridized carbons (Fsp3) is 0.385. The van der Waals surface area contributed by atoms with E-state index in [1.165, 1.54) is 0 Å². The lowest BCUT2D eigenvalue weighted by Crippen LogP contribution is -2.41. The fourth-order valence-electron chi connectivity index (χ4n) is 2.13. The molecule has 0 aliphatic carbocycles. The van der Waals surface area contributed by atoms with Crippen LogP contribution in [0, 0.1) is 5.92 Å². The summed E-state index contributed by atoms with van der Waals surface area (Å²) >= 11 is 0. The standard InChI is InChI=1S/C13H16N2O2/c14-12(16)10-6-8-15(9-7-10)13(17)11-4-2-1-3-5-11/h1-5,10H,6-9H2,(H2,14,16). The van der Waals surface area contributed by atoms with Gasteiger partial charge in [0.25, 0.3) is 5.91 Å². The molecule has 1 aliphatic heterocycles. The highest BCUT2D eigenvalue weighted by Crippen LogP contribution is 2.18. The van der Waals surface area contributed by atoms with Crippen molar-refractivity contribution in [2.45, 2.75) is 12.8 Å². The van der Waals surface area contributed by atoms with E-state index in [-0.39, 0.29) is 17.7 Å². The average Bonchev–Trinajstić information content (AvgIpc) is 2.39. The smallest absolute Gasteiger partial charge is 0.253 e. The van der Waals surface area contributed by atoms with Crippen LogP contribution < -0.4 is 5.73 Å². The number of amides is 2. The van der Waals surface area contributed by atoms with Crippen molar-refractivity contribution in [3.8, 4) is 0 Å². The van der Waals surface area contributed by atoms with Crippen molar-refractivity contribution in [3.05, 3.63) is 35.9 Å². The zero-order chi connectivity index (χ0) is 12.3. The van der Waals surface area contributed by atoms with Gasteiger partial charge in [-0.25, -0.2) is 0 Å². The second kappa shape index (κ2) is 4.99. The molecular formula is C13H16N2O2. The third kappa shape index (κ3) is 2.64. The van der Waals surface area contributed by atoms with Gasteiger partial charge in [0.15, 0.2) is 0 Å². The van der Waals surface area contributed by atoms with Gasteiger partial charge in [-0.2, -0.15) is 0 Å². The van der Waals surface area contributed by atoms with Crippen molar-refractivity contribution in [2.24, 2.45) is 11.7 Å². The van der Waals surface area contributed by atoms with Crippen LogP contribution in [-0.2, 0) is 4.79 Å². The third-order valence-corrected chi connectivity index (χ3v) is 3.21. The van der Waals surface area contributed by atoms with Gasteiger partial charge in [0.05, 0.1) is 0 Å². The summed E-state index contributed by atoms with van der Waals surface area (Å²) in [7, 11) is 0. The molecule has 0 unspecified atom stereocenters. The number of carbonyl (C=O) groups is 2. The van der Waals surface area contributed by atoms with Gasteiger partial charge >= 0.3 is 0 Å². The Bertz CT molecular complexity index is 409. The van der Waals surface area contributed by atoms with Crippen molar-refractivity contribution in [1.29, 1.82) is 0 Å². The minimum Gasteiger partial charge on any atom is -0.369 e. The highest BCUT2D eigenvalue weighted by molar-refractivity contribution is 5.94. The lowest BCUT2D eigenvalue weighted by atomic mass is 9.96. The van der Waals surface area contributed by atoms with Gasteiger partial charge in [-0.1, -0.05) is 18.2 Å². The number of nitrogens with two attached hydrogens (primary N) is 1. The molecule has 1 aromatic carbocycles. The molecule has 0 atom stereocenters. The minimum absolute atomic E-state index is 0.0357. The summed E-state index contributed by atoms with van der Waals surface area (Å²) in [6.45, 7) is 1.22. The van der Waals surface area contributed by atoms with Crippen molar-refractivity contribution in [1.82, 2.24) is 4.90 Å². The summed E-state index contributed by atoms with van der Waals surface area (Å²) in [5, 5.41) is 0. The number of carbonyl (C=O) groups excluding carboxylic acids is 2. The number of rotatable bonds is 2. The van der Waals surface area contributed by atoms with Crippen molar-refractivity contribution in [3.63, 3.8) is 0 Å². The molecule has 0 aromatic heterocycles. The first-order valence-corrected chi connectivity index (χ1v) is 5.82. The molecule has 0 spiro atoms. The zero-order valence-corrected chi connectivity index (χ0v) is 9.63. The van der Waals surface area contributed by atoms with E-state index in [9.17, 15) is 9.59 Å². The topological polar surface area (TPSA) is 63.4 Å². The largest absolute Gasteiger partial charge is 0.369 e. The van der Waals surface area contributed by atoms with Crippen molar-refractivity contribution in [2.75, 3.05) is 13.1 Å². The van der Waals surface area contributed by atoms with Gasteiger partial charge in [0.1, 0.15) is 0 Å². The second-order valence-corrected chi connectivity index (χ2v) is 4.33. The first kappa shape index (κ1) is 11.6. The summed E-state index contributed by atoms with van der Waals surface area (Å²) in [4.78, 5) is 24.9. The van der Waals surface area contributed by atoms with E-state index in [2.05, 4.69) is 0 Å². The Kier molecular flexibility index (Phi) is 3.42. The van der Waals surface area contributed by atoms with Gasteiger partial charge in [-0.3, -0.25) is 9.59 Å². The third-order valence-electron chi connectivity index (χ3n) is 3.21. The maximum Gasteiger partial charge on any atom is 0.253 e. The number of primary amides is 1. The molecule has 2 amide bonds. The van der Waals surface area contributed by atoms with E-state index in [1.807, 2.05) is 30.3 Å². The predicted molar refractivity (Wildman–Crippen MR) is 64.3 cm³/mol. The molecule has 1 fully saturated rings. The number of likely N-dealkylation sites (tertiary alicyclic amines) is 1. The van der Waals surface area contributed by atoms with Crippen LogP contribution in [0.4, 0.5) is 0 Å². The molecule has 90 valence electrons. The average molecular weight is 232 g/mol. The maximum atomic E-state index is 12.1. The Morgan fingerprint density at radius 1 is 1.12 bits per heavy atom. The SMILES string of the molecule is NC(=O)C1CCN(C(=O)c2ccccc2)CC1. The number of hydrogen-bond donors (Lipinski definition) is 1.